The van der Waals surface area contributed by atoms with Gasteiger partial charge in [0.15, 0.2) is 0 Å². The Kier molecular flexibility index (Phi) is 1.19. The Labute approximate surface area is 64.0 Å². The summed E-state index contributed by atoms with van der Waals surface area (Å²) in [4.78, 5) is 0. The lowest BCUT2D eigenvalue weighted by Crippen LogP contribution is -2.11. The van der Waals surface area contributed by atoms with Gasteiger partial charge in [0.2, 0.25) is 0 Å². The molecular weight excluding hydrogens is 120 g/mol. The molecule has 0 spiro atoms. The molecule has 0 aliphatic heterocycles. The third-order valence-electron chi connectivity index (χ3n) is 4.07. The first-order valence-electron chi connectivity index (χ1n) is 4.68. The van der Waals surface area contributed by atoms with Gasteiger partial charge < -0.3 is 0 Å². The normalized spacial score (nSPS) is 52.2. The molecular formula is C10H18. The van der Waals surface area contributed by atoms with Gasteiger partial charge in [-0.3, -0.25) is 0 Å². The highest BCUT2D eigenvalue weighted by Gasteiger charge is 2.50. The summed E-state index contributed by atoms with van der Waals surface area (Å²) >= 11 is 0. The van der Waals surface area contributed by atoms with Crippen LogP contribution in [0.5, 0.6) is 0 Å². The van der Waals surface area contributed by atoms with Crippen molar-refractivity contribution in [2.75, 3.05) is 0 Å². The SMILES string of the molecule is CCC12CCC(C)(CC1)C2. The van der Waals surface area contributed by atoms with E-state index in [1.54, 1.807) is 0 Å². The summed E-state index contributed by atoms with van der Waals surface area (Å²) < 4.78 is 0. The van der Waals surface area contributed by atoms with Gasteiger partial charge >= 0.3 is 0 Å². The van der Waals surface area contributed by atoms with E-state index >= 15 is 0 Å². The number of rotatable bonds is 1. The second-order valence-corrected chi connectivity index (χ2v) is 4.84. The lowest BCUT2D eigenvalue weighted by molar-refractivity contribution is 0.276. The molecule has 10 heavy (non-hydrogen) atoms. The summed E-state index contributed by atoms with van der Waals surface area (Å²) in [5.74, 6) is 0. The molecule has 2 fully saturated rings. The van der Waals surface area contributed by atoms with E-state index in [4.69, 9.17) is 0 Å². The van der Waals surface area contributed by atoms with Crippen LogP contribution in [0.1, 0.15) is 52.4 Å². The van der Waals surface area contributed by atoms with Crippen molar-refractivity contribution in [3.05, 3.63) is 0 Å². The molecule has 2 bridgehead atoms. The third kappa shape index (κ3) is 0.741. The van der Waals surface area contributed by atoms with Crippen LogP contribution in [0, 0.1) is 10.8 Å². The predicted octanol–water partition coefficient (Wildman–Crippen LogP) is 3.37. The van der Waals surface area contributed by atoms with Crippen LogP contribution in [0.2, 0.25) is 0 Å². The average molecular weight is 138 g/mol. The first kappa shape index (κ1) is 6.69. The average Bonchev–Trinajstić information content (AvgIpc) is 2.42. The summed E-state index contributed by atoms with van der Waals surface area (Å²) in [6.07, 6.45) is 9.06. The van der Waals surface area contributed by atoms with Crippen LogP contribution in [-0.4, -0.2) is 0 Å². The summed E-state index contributed by atoms with van der Waals surface area (Å²) in [7, 11) is 0. The van der Waals surface area contributed by atoms with Crippen LogP contribution in [0.25, 0.3) is 0 Å². The van der Waals surface area contributed by atoms with E-state index in [0.29, 0.717) is 0 Å². The molecule has 2 aliphatic rings. The highest BCUT2D eigenvalue weighted by atomic mass is 14.5. The monoisotopic (exact) mass is 138 g/mol. The van der Waals surface area contributed by atoms with Crippen LogP contribution < -0.4 is 0 Å². The van der Waals surface area contributed by atoms with Crippen molar-refractivity contribution in [3.63, 3.8) is 0 Å². The van der Waals surface area contributed by atoms with E-state index in [-0.39, 0.29) is 0 Å². The van der Waals surface area contributed by atoms with Crippen molar-refractivity contribution >= 4 is 0 Å². The molecule has 2 rings (SSSR count). The van der Waals surface area contributed by atoms with E-state index in [0.717, 1.165) is 10.8 Å². The van der Waals surface area contributed by atoms with Crippen molar-refractivity contribution in [3.8, 4) is 0 Å². The van der Waals surface area contributed by atoms with Crippen LogP contribution in [0.3, 0.4) is 0 Å². The zero-order valence-electron chi connectivity index (χ0n) is 7.24. The lowest BCUT2D eigenvalue weighted by Gasteiger charge is -2.24. The Morgan fingerprint density at radius 1 is 1.10 bits per heavy atom. The van der Waals surface area contributed by atoms with Gasteiger partial charge in [-0.15, -0.1) is 0 Å². The van der Waals surface area contributed by atoms with E-state index in [9.17, 15) is 0 Å². The molecule has 0 radical (unpaired) electrons. The molecule has 0 heteroatoms. The topological polar surface area (TPSA) is 0 Å². The van der Waals surface area contributed by atoms with E-state index in [1.165, 1.54) is 38.5 Å². The lowest BCUT2D eigenvalue weighted by atomic mass is 9.81. The fraction of sp³-hybridized carbons (Fsp3) is 1.00. The van der Waals surface area contributed by atoms with E-state index in [1.807, 2.05) is 0 Å². The van der Waals surface area contributed by atoms with Gasteiger partial charge in [-0.25, -0.2) is 0 Å². The largest absolute Gasteiger partial charge is 0.0649 e. The molecule has 0 amide bonds. The smallest absolute Gasteiger partial charge is 0.0295 e. The van der Waals surface area contributed by atoms with Gasteiger partial charge in [0.05, 0.1) is 0 Å². The molecule has 0 atom stereocenters. The molecule has 0 N–H and O–H groups in total. The summed E-state index contributed by atoms with van der Waals surface area (Å²) in [5.41, 5.74) is 1.59. The van der Waals surface area contributed by atoms with Crippen LogP contribution in [0.4, 0.5) is 0 Å². The van der Waals surface area contributed by atoms with Crippen LogP contribution in [-0.2, 0) is 0 Å². The summed E-state index contributed by atoms with van der Waals surface area (Å²) in [6, 6.07) is 0. The Balaban J connectivity index is 2.19. The Morgan fingerprint density at radius 3 is 1.90 bits per heavy atom. The van der Waals surface area contributed by atoms with Crippen LogP contribution >= 0.6 is 0 Å². The number of fused-ring (bicyclic) bond motifs is 2. The van der Waals surface area contributed by atoms with Gasteiger partial charge in [0.25, 0.3) is 0 Å². The van der Waals surface area contributed by atoms with Gasteiger partial charge in [-0.2, -0.15) is 0 Å². The van der Waals surface area contributed by atoms with E-state index in [2.05, 4.69) is 13.8 Å². The van der Waals surface area contributed by atoms with Crippen LogP contribution in [0.15, 0.2) is 0 Å². The standard InChI is InChI=1S/C10H18/c1-3-10-6-4-9(2,8-10)5-7-10/h3-8H2,1-2H3. The van der Waals surface area contributed by atoms with E-state index < -0.39 is 0 Å². The maximum atomic E-state index is 2.48. The van der Waals surface area contributed by atoms with Crippen molar-refractivity contribution in [2.45, 2.75) is 52.4 Å². The Hall–Kier alpha value is 0. The molecule has 0 aromatic rings. The van der Waals surface area contributed by atoms with Crippen molar-refractivity contribution in [1.82, 2.24) is 0 Å². The first-order valence-corrected chi connectivity index (χ1v) is 4.68. The minimum absolute atomic E-state index is 0.774. The number of hydrogen-bond donors (Lipinski definition) is 0. The zero-order chi connectivity index (χ0) is 7.24. The second-order valence-electron chi connectivity index (χ2n) is 4.84. The first-order chi connectivity index (χ1) is 4.68. The fourth-order valence-corrected chi connectivity index (χ4v) is 3.12. The fourth-order valence-electron chi connectivity index (χ4n) is 3.12. The minimum Gasteiger partial charge on any atom is -0.0649 e. The molecule has 0 unspecified atom stereocenters. The Bertz CT molecular complexity index is 138. The molecule has 0 saturated heterocycles. The highest BCUT2D eigenvalue weighted by Crippen LogP contribution is 2.62. The second kappa shape index (κ2) is 1.78. The van der Waals surface area contributed by atoms with Gasteiger partial charge in [0.1, 0.15) is 0 Å². The highest BCUT2D eigenvalue weighted by molar-refractivity contribution is 5.01. The third-order valence-corrected chi connectivity index (χ3v) is 4.07. The molecule has 0 aromatic heterocycles. The van der Waals surface area contributed by atoms with Crippen molar-refractivity contribution < 1.29 is 0 Å². The predicted molar refractivity (Wildman–Crippen MR) is 43.9 cm³/mol. The minimum atomic E-state index is 0.774. The van der Waals surface area contributed by atoms with Gasteiger partial charge in [-0.1, -0.05) is 20.3 Å². The molecule has 0 heterocycles. The molecule has 58 valence electrons. The summed E-state index contributed by atoms with van der Waals surface area (Å²) in [6.45, 7) is 4.86. The molecule has 0 aromatic carbocycles. The summed E-state index contributed by atoms with van der Waals surface area (Å²) in [5, 5.41) is 0. The Morgan fingerprint density at radius 2 is 1.70 bits per heavy atom. The van der Waals surface area contributed by atoms with Gasteiger partial charge in [0, 0.05) is 0 Å². The van der Waals surface area contributed by atoms with Crippen molar-refractivity contribution in [2.24, 2.45) is 10.8 Å². The number of hydrogen-bond acceptors (Lipinski definition) is 0. The molecule has 2 aliphatic carbocycles. The van der Waals surface area contributed by atoms with Gasteiger partial charge in [-0.05, 0) is 42.9 Å². The quantitative estimate of drug-likeness (QED) is 0.521. The maximum absolute atomic E-state index is 2.48. The maximum Gasteiger partial charge on any atom is -0.0295 e. The molecule has 0 nitrogen and oxygen atoms in total. The van der Waals surface area contributed by atoms with Crippen molar-refractivity contribution in [1.29, 1.82) is 0 Å². The zero-order valence-corrected chi connectivity index (χ0v) is 7.24. The molecule has 2 saturated carbocycles.